The molecule has 2 aromatic rings. The minimum absolute atomic E-state index is 0.0769. The number of fused-ring (bicyclic) bond motifs is 2. The standard InChI is InChI=1S/C17H19F3N2/c1-9-8-16(3,4)22-15-10(2)14-12(7-11(9)15)13(5-6-21-14)17(18,19)20/h5-7,9,22H,8H2,1-4H3. The van der Waals surface area contributed by atoms with Crippen LogP contribution in [-0.2, 0) is 6.18 Å². The monoisotopic (exact) mass is 308 g/mol. The van der Waals surface area contributed by atoms with Gasteiger partial charge in [0.15, 0.2) is 0 Å². The molecule has 118 valence electrons. The van der Waals surface area contributed by atoms with Crippen LogP contribution in [0, 0.1) is 6.92 Å². The Bertz CT molecular complexity index is 748. The molecule has 1 aromatic heterocycles. The maximum Gasteiger partial charge on any atom is 0.417 e. The average molecular weight is 308 g/mol. The van der Waals surface area contributed by atoms with E-state index in [9.17, 15) is 13.2 Å². The van der Waals surface area contributed by atoms with Crippen molar-refractivity contribution in [2.45, 2.75) is 51.7 Å². The fraction of sp³-hybridized carbons (Fsp3) is 0.471. The minimum Gasteiger partial charge on any atom is -0.380 e. The SMILES string of the molecule is Cc1c2c(cc3c(C(F)(F)F)ccnc13)C(C)CC(C)(C)N2. The highest BCUT2D eigenvalue weighted by atomic mass is 19.4. The summed E-state index contributed by atoms with van der Waals surface area (Å²) in [7, 11) is 0. The van der Waals surface area contributed by atoms with E-state index in [2.05, 4.69) is 31.1 Å². The highest BCUT2D eigenvalue weighted by molar-refractivity contribution is 5.91. The maximum atomic E-state index is 13.3. The predicted molar refractivity (Wildman–Crippen MR) is 82.2 cm³/mol. The van der Waals surface area contributed by atoms with Gasteiger partial charge in [0.2, 0.25) is 0 Å². The van der Waals surface area contributed by atoms with Crippen LogP contribution in [0.3, 0.4) is 0 Å². The number of aryl methyl sites for hydroxylation is 1. The molecule has 0 aliphatic carbocycles. The number of hydrogen-bond donors (Lipinski definition) is 1. The lowest BCUT2D eigenvalue weighted by molar-refractivity contribution is -0.136. The number of benzene rings is 1. The molecule has 22 heavy (non-hydrogen) atoms. The van der Waals surface area contributed by atoms with Crippen molar-refractivity contribution in [2.24, 2.45) is 0 Å². The van der Waals surface area contributed by atoms with Crippen LogP contribution >= 0.6 is 0 Å². The van der Waals surface area contributed by atoms with Gasteiger partial charge in [-0.25, -0.2) is 0 Å². The molecule has 2 heterocycles. The van der Waals surface area contributed by atoms with Crippen LogP contribution in [-0.4, -0.2) is 10.5 Å². The average Bonchev–Trinajstić information content (AvgIpc) is 2.38. The first-order valence-corrected chi connectivity index (χ1v) is 7.38. The van der Waals surface area contributed by atoms with Crippen molar-refractivity contribution < 1.29 is 13.2 Å². The molecule has 0 saturated carbocycles. The molecule has 1 aliphatic heterocycles. The minimum atomic E-state index is -4.37. The van der Waals surface area contributed by atoms with E-state index in [4.69, 9.17) is 0 Å². The third-order valence-corrected chi connectivity index (χ3v) is 4.43. The number of anilines is 1. The largest absolute Gasteiger partial charge is 0.417 e. The normalized spacial score (nSPS) is 20.6. The smallest absolute Gasteiger partial charge is 0.380 e. The second kappa shape index (κ2) is 4.61. The molecule has 5 heteroatoms. The van der Waals surface area contributed by atoms with E-state index in [1.807, 2.05) is 6.92 Å². The zero-order valence-corrected chi connectivity index (χ0v) is 13.1. The summed E-state index contributed by atoms with van der Waals surface area (Å²) in [6.07, 6.45) is -2.25. The summed E-state index contributed by atoms with van der Waals surface area (Å²) >= 11 is 0. The molecule has 1 aliphatic rings. The van der Waals surface area contributed by atoms with Crippen molar-refractivity contribution in [2.75, 3.05) is 5.32 Å². The third kappa shape index (κ3) is 2.32. The molecule has 0 bridgehead atoms. The van der Waals surface area contributed by atoms with Crippen molar-refractivity contribution in [3.63, 3.8) is 0 Å². The van der Waals surface area contributed by atoms with E-state index >= 15 is 0 Å². The first kappa shape index (κ1) is 15.1. The van der Waals surface area contributed by atoms with Crippen LogP contribution in [0.2, 0.25) is 0 Å². The third-order valence-electron chi connectivity index (χ3n) is 4.43. The summed E-state index contributed by atoms with van der Waals surface area (Å²) in [5, 5.41) is 3.66. The van der Waals surface area contributed by atoms with Crippen molar-refractivity contribution in [3.05, 3.63) is 35.0 Å². The summed E-state index contributed by atoms with van der Waals surface area (Å²) in [5.41, 5.74) is 2.41. The number of nitrogens with zero attached hydrogens (tertiary/aromatic N) is 1. The summed E-state index contributed by atoms with van der Waals surface area (Å²) < 4.78 is 39.8. The van der Waals surface area contributed by atoms with Crippen LogP contribution in [0.25, 0.3) is 10.9 Å². The Kier molecular flexibility index (Phi) is 3.17. The summed E-state index contributed by atoms with van der Waals surface area (Å²) in [6, 6.07) is 2.72. The molecule has 0 spiro atoms. The first-order chi connectivity index (χ1) is 10.1. The molecule has 0 radical (unpaired) electrons. The van der Waals surface area contributed by atoms with Gasteiger partial charge in [0.1, 0.15) is 0 Å². The van der Waals surface area contributed by atoms with Gasteiger partial charge in [-0.05, 0) is 56.4 Å². The topological polar surface area (TPSA) is 24.9 Å². The Hall–Kier alpha value is -1.78. The lowest BCUT2D eigenvalue weighted by Gasteiger charge is -2.39. The predicted octanol–water partition coefficient (Wildman–Crippen LogP) is 5.26. The van der Waals surface area contributed by atoms with Gasteiger partial charge in [-0.15, -0.1) is 0 Å². The fourth-order valence-corrected chi connectivity index (χ4v) is 3.55. The Morgan fingerprint density at radius 3 is 2.64 bits per heavy atom. The molecule has 1 N–H and O–H groups in total. The van der Waals surface area contributed by atoms with E-state index in [1.165, 1.54) is 6.20 Å². The quantitative estimate of drug-likeness (QED) is 0.718. The Labute approximate surface area is 127 Å². The van der Waals surface area contributed by atoms with E-state index in [1.54, 1.807) is 6.07 Å². The van der Waals surface area contributed by atoms with Crippen LogP contribution in [0.4, 0.5) is 18.9 Å². The number of rotatable bonds is 0. The van der Waals surface area contributed by atoms with Crippen molar-refractivity contribution in [3.8, 4) is 0 Å². The van der Waals surface area contributed by atoms with Crippen LogP contribution in [0.5, 0.6) is 0 Å². The highest BCUT2D eigenvalue weighted by Crippen LogP contribution is 2.44. The summed E-state index contributed by atoms with van der Waals surface area (Å²) in [5.74, 6) is 0.204. The van der Waals surface area contributed by atoms with E-state index < -0.39 is 11.7 Å². The van der Waals surface area contributed by atoms with Gasteiger partial charge in [-0.1, -0.05) is 6.92 Å². The van der Waals surface area contributed by atoms with Crippen LogP contribution in [0.1, 0.15) is 49.8 Å². The Morgan fingerprint density at radius 2 is 2.00 bits per heavy atom. The molecule has 1 aromatic carbocycles. The molecule has 3 rings (SSSR count). The number of aromatic nitrogens is 1. The van der Waals surface area contributed by atoms with Gasteiger partial charge < -0.3 is 5.32 Å². The Balaban J connectivity index is 2.34. The zero-order chi connectivity index (χ0) is 16.3. The second-order valence-corrected chi connectivity index (χ2v) is 6.83. The molecule has 0 saturated heterocycles. The van der Waals surface area contributed by atoms with Crippen molar-refractivity contribution in [1.29, 1.82) is 0 Å². The lowest BCUT2D eigenvalue weighted by Crippen LogP contribution is -2.37. The number of halogens is 3. The van der Waals surface area contributed by atoms with Gasteiger partial charge in [-0.3, -0.25) is 4.98 Å². The van der Waals surface area contributed by atoms with Gasteiger partial charge >= 0.3 is 6.18 Å². The Morgan fingerprint density at radius 1 is 1.32 bits per heavy atom. The lowest BCUT2D eigenvalue weighted by atomic mass is 9.80. The molecule has 0 fully saturated rings. The summed E-state index contributed by atoms with van der Waals surface area (Å²) in [6.45, 7) is 8.12. The maximum absolute atomic E-state index is 13.3. The molecule has 1 unspecified atom stereocenters. The number of hydrogen-bond acceptors (Lipinski definition) is 2. The highest BCUT2D eigenvalue weighted by Gasteiger charge is 2.35. The summed E-state index contributed by atoms with van der Waals surface area (Å²) in [4.78, 5) is 4.20. The van der Waals surface area contributed by atoms with Crippen LogP contribution < -0.4 is 5.32 Å². The molecule has 2 nitrogen and oxygen atoms in total. The van der Waals surface area contributed by atoms with Gasteiger partial charge in [0, 0.05) is 22.8 Å². The second-order valence-electron chi connectivity index (χ2n) is 6.83. The van der Waals surface area contributed by atoms with Crippen molar-refractivity contribution in [1.82, 2.24) is 4.98 Å². The van der Waals surface area contributed by atoms with Crippen molar-refractivity contribution >= 4 is 16.6 Å². The van der Waals surface area contributed by atoms with Gasteiger partial charge in [-0.2, -0.15) is 13.2 Å². The van der Waals surface area contributed by atoms with E-state index in [0.717, 1.165) is 29.3 Å². The zero-order valence-electron chi connectivity index (χ0n) is 13.1. The van der Waals surface area contributed by atoms with E-state index in [-0.39, 0.29) is 16.8 Å². The van der Waals surface area contributed by atoms with Crippen LogP contribution in [0.15, 0.2) is 18.3 Å². The number of alkyl halides is 3. The number of nitrogens with one attached hydrogen (secondary N) is 1. The molecular formula is C17H19F3N2. The number of pyridine rings is 1. The fourth-order valence-electron chi connectivity index (χ4n) is 3.55. The molecular weight excluding hydrogens is 289 g/mol. The van der Waals surface area contributed by atoms with E-state index in [0.29, 0.717) is 5.52 Å². The molecule has 0 amide bonds. The van der Waals surface area contributed by atoms with Gasteiger partial charge in [0.25, 0.3) is 0 Å². The molecule has 1 atom stereocenters. The van der Waals surface area contributed by atoms with Gasteiger partial charge in [0.05, 0.1) is 11.1 Å². The first-order valence-electron chi connectivity index (χ1n) is 7.38.